The summed E-state index contributed by atoms with van der Waals surface area (Å²) >= 11 is 0. The lowest BCUT2D eigenvalue weighted by atomic mass is 9.95. The summed E-state index contributed by atoms with van der Waals surface area (Å²) in [5.74, 6) is 1.06. The molecule has 5 aromatic rings. The molecular weight excluding hydrogens is 404 g/mol. The lowest BCUT2D eigenvalue weighted by Gasteiger charge is -2.12. The van der Waals surface area contributed by atoms with Gasteiger partial charge in [-0.1, -0.05) is 59.8 Å². The average Bonchev–Trinajstić information content (AvgIpc) is 3.20. The monoisotopic (exact) mass is 433 g/mol. The molecule has 2 heterocycles. The fraction of sp³-hybridized carbons (Fsp3) is 0.241. The highest BCUT2D eigenvalue weighted by atomic mass is 15.1. The Hall–Kier alpha value is -3.84. The maximum absolute atomic E-state index is 5.25. The van der Waals surface area contributed by atoms with Crippen LogP contribution in [0.4, 0.5) is 5.82 Å². The van der Waals surface area contributed by atoms with Crippen LogP contribution in [0.3, 0.4) is 0 Å². The van der Waals surface area contributed by atoms with Gasteiger partial charge in [-0.3, -0.25) is 4.40 Å². The quantitative estimate of drug-likeness (QED) is 0.202. The first-order chi connectivity index (χ1) is 16.3. The van der Waals surface area contributed by atoms with Crippen LogP contribution in [0.15, 0.2) is 72.9 Å². The van der Waals surface area contributed by atoms with E-state index in [2.05, 4.69) is 94.4 Å². The molecule has 33 heavy (non-hydrogen) atoms. The smallest absolute Gasteiger partial charge is 0.263 e. The van der Waals surface area contributed by atoms with Crippen molar-refractivity contribution in [2.24, 2.45) is 0 Å². The van der Waals surface area contributed by atoms with Crippen LogP contribution in [-0.4, -0.2) is 22.5 Å². The molecule has 0 saturated heterocycles. The first-order valence-electron chi connectivity index (χ1n) is 11.8. The van der Waals surface area contributed by atoms with E-state index >= 15 is 0 Å². The fourth-order valence-electron chi connectivity index (χ4n) is 4.64. The van der Waals surface area contributed by atoms with Gasteiger partial charge in [0.25, 0.3) is 13.1 Å². The Bertz CT molecular complexity index is 1470. The number of imidazole rings is 1. The van der Waals surface area contributed by atoms with Crippen molar-refractivity contribution in [2.75, 3.05) is 18.4 Å². The number of aryl methyl sites for hydroxylation is 1. The average molecular weight is 434 g/mol. The molecule has 0 aliphatic heterocycles. The molecule has 0 aliphatic carbocycles. The Morgan fingerprint density at radius 2 is 1.64 bits per heavy atom. The number of nitrogens with zero attached hydrogens (tertiary/aromatic N) is 3. The van der Waals surface area contributed by atoms with Crippen molar-refractivity contribution in [3.05, 3.63) is 83.3 Å². The van der Waals surface area contributed by atoms with E-state index in [0.717, 1.165) is 61.5 Å². The van der Waals surface area contributed by atoms with Gasteiger partial charge in [0.05, 0.1) is 0 Å². The van der Waals surface area contributed by atoms with Gasteiger partial charge >= 0.3 is 0 Å². The SMILES string of the molecule is C#[N+]CCCCCCNc1c(-c2cc3ccccc3c3ccccc23)nc2cc(C)ccn12. The van der Waals surface area contributed by atoms with Crippen molar-refractivity contribution in [3.63, 3.8) is 0 Å². The molecule has 4 nitrogen and oxygen atoms in total. The van der Waals surface area contributed by atoms with Gasteiger partial charge in [-0.05, 0) is 65.1 Å². The zero-order valence-corrected chi connectivity index (χ0v) is 19.1. The Morgan fingerprint density at radius 1 is 0.879 bits per heavy atom. The van der Waals surface area contributed by atoms with Crippen molar-refractivity contribution in [1.82, 2.24) is 9.38 Å². The van der Waals surface area contributed by atoms with Crippen LogP contribution in [0.1, 0.15) is 31.2 Å². The first kappa shape index (κ1) is 21.0. The molecule has 0 radical (unpaired) electrons. The topological polar surface area (TPSA) is 33.7 Å². The number of benzene rings is 3. The van der Waals surface area contributed by atoms with E-state index in [1.165, 1.54) is 27.1 Å². The second-order valence-electron chi connectivity index (χ2n) is 8.68. The van der Waals surface area contributed by atoms with Crippen molar-refractivity contribution >= 4 is 33.0 Å². The van der Waals surface area contributed by atoms with E-state index in [9.17, 15) is 0 Å². The minimum Gasteiger partial charge on any atom is -0.369 e. The van der Waals surface area contributed by atoms with Crippen LogP contribution >= 0.6 is 0 Å². The summed E-state index contributed by atoms with van der Waals surface area (Å²) in [6.07, 6.45) is 6.58. The highest BCUT2D eigenvalue weighted by Gasteiger charge is 2.17. The summed E-state index contributed by atoms with van der Waals surface area (Å²) in [6, 6.07) is 23.8. The number of rotatable bonds is 8. The number of fused-ring (bicyclic) bond motifs is 4. The second kappa shape index (κ2) is 9.34. The van der Waals surface area contributed by atoms with Crippen molar-refractivity contribution in [3.8, 4) is 17.8 Å². The molecule has 1 N–H and O–H groups in total. The second-order valence-corrected chi connectivity index (χ2v) is 8.68. The third-order valence-electron chi connectivity index (χ3n) is 6.31. The lowest BCUT2D eigenvalue weighted by Crippen LogP contribution is -2.05. The number of unbranched alkanes of at least 4 members (excludes halogenated alkanes) is 3. The summed E-state index contributed by atoms with van der Waals surface area (Å²) in [6.45, 7) is 9.01. The molecule has 164 valence electrons. The Morgan fingerprint density at radius 3 is 2.48 bits per heavy atom. The number of pyridine rings is 1. The van der Waals surface area contributed by atoms with Gasteiger partial charge < -0.3 is 5.32 Å². The van der Waals surface area contributed by atoms with E-state index in [1.54, 1.807) is 0 Å². The molecule has 4 heteroatoms. The van der Waals surface area contributed by atoms with Gasteiger partial charge in [0, 0.05) is 24.7 Å². The number of aromatic nitrogens is 2. The van der Waals surface area contributed by atoms with Crippen LogP contribution in [0.2, 0.25) is 0 Å². The molecule has 0 fully saturated rings. The molecule has 0 unspecified atom stereocenters. The normalized spacial score (nSPS) is 11.3. The van der Waals surface area contributed by atoms with E-state index in [-0.39, 0.29) is 0 Å². The highest BCUT2D eigenvalue weighted by Crippen LogP contribution is 2.38. The molecular formula is C29H29N4+. The van der Waals surface area contributed by atoms with E-state index in [0.29, 0.717) is 0 Å². The first-order valence-corrected chi connectivity index (χ1v) is 11.8. The molecule has 0 bridgehead atoms. The summed E-state index contributed by atoms with van der Waals surface area (Å²) in [5.41, 5.74) is 4.34. The maximum atomic E-state index is 5.25. The van der Waals surface area contributed by atoms with E-state index in [4.69, 9.17) is 11.6 Å². The summed E-state index contributed by atoms with van der Waals surface area (Å²) in [4.78, 5) is 8.81. The molecule has 0 saturated carbocycles. The minimum absolute atomic E-state index is 0.749. The van der Waals surface area contributed by atoms with Crippen molar-refractivity contribution in [2.45, 2.75) is 32.6 Å². The standard InChI is InChI=1S/C29H29N4/c1-21-15-18-33-27(19-21)32-28(29(33)31-17-10-4-3-9-16-30-2)26-20-22-11-5-6-12-23(22)24-13-7-8-14-25(24)26/h2,5-8,11-15,18-20,31H,3-4,9-10,16-17H2,1H3/q+1. The maximum Gasteiger partial charge on any atom is 0.263 e. The van der Waals surface area contributed by atoms with E-state index in [1.807, 2.05) is 0 Å². The molecule has 5 rings (SSSR count). The zero-order chi connectivity index (χ0) is 22.6. The van der Waals surface area contributed by atoms with Gasteiger partial charge in [-0.2, -0.15) is 0 Å². The predicted octanol–water partition coefficient (Wildman–Crippen LogP) is 7.55. The number of hydrogen-bond donors (Lipinski definition) is 1. The lowest BCUT2D eigenvalue weighted by molar-refractivity contribution is 0.677. The zero-order valence-electron chi connectivity index (χ0n) is 19.1. The van der Waals surface area contributed by atoms with Gasteiger partial charge in [-0.15, -0.1) is 0 Å². The number of nitrogens with one attached hydrogen (secondary N) is 1. The van der Waals surface area contributed by atoms with Crippen molar-refractivity contribution < 1.29 is 0 Å². The van der Waals surface area contributed by atoms with Crippen LogP contribution in [-0.2, 0) is 0 Å². The van der Waals surface area contributed by atoms with Crippen LogP contribution in [0.5, 0.6) is 0 Å². The largest absolute Gasteiger partial charge is 0.369 e. The molecule has 0 atom stereocenters. The summed E-state index contributed by atoms with van der Waals surface area (Å²) < 4.78 is 2.18. The molecule has 2 aromatic heterocycles. The fourth-order valence-corrected chi connectivity index (χ4v) is 4.64. The van der Waals surface area contributed by atoms with Crippen LogP contribution in [0.25, 0.3) is 43.3 Å². The van der Waals surface area contributed by atoms with Crippen LogP contribution < -0.4 is 5.32 Å². The van der Waals surface area contributed by atoms with Crippen LogP contribution in [0, 0.1) is 13.5 Å². The molecule has 3 aromatic carbocycles. The van der Waals surface area contributed by atoms with Gasteiger partial charge in [0.2, 0.25) is 0 Å². The summed E-state index contributed by atoms with van der Waals surface area (Å²) in [5, 5.41) is 8.70. The third-order valence-corrected chi connectivity index (χ3v) is 6.31. The van der Waals surface area contributed by atoms with Crippen molar-refractivity contribution in [1.29, 1.82) is 0 Å². The van der Waals surface area contributed by atoms with E-state index < -0.39 is 0 Å². The molecule has 0 spiro atoms. The third kappa shape index (κ3) is 4.15. The summed E-state index contributed by atoms with van der Waals surface area (Å²) in [7, 11) is 0. The van der Waals surface area contributed by atoms with Gasteiger partial charge in [0.15, 0.2) is 0 Å². The highest BCUT2D eigenvalue weighted by molar-refractivity contribution is 6.14. The Labute approximate surface area is 194 Å². The molecule has 0 amide bonds. The van der Waals surface area contributed by atoms with Gasteiger partial charge in [-0.25, -0.2) is 4.98 Å². The Kier molecular flexibility index (Phi) is 5.95. The Balaban J connectivity index is 1.58. The van der Waals surface area contributed by atoms with Gasteiger partial charge in [0.1, 0.15) is 17.2 Å². The number of anilines is 1. The number of hydrogen-bond acceptors (Lipinski definition) is 2. The molecule has 0 aliphatic rings. The minimum atomic E-state index is 0.749. The predicted molar refractivity (Wildman–Crippen MR) is 141 cm³/mol.